The molecule has 0 spiro atoms. The average molecular weight is 140 g/mol. The Hall–Kier alpha value is -1.19. The van der Waals surface area contributed by atoms with E-state index in [0.717, 1.165) is 0 Å². The van der Waals surface area contributed by atoms with Crippen LogP contribution >= 0.6 is 0 Å². The molecular formula is C6H12N4. The van der Waals surface area contributed by atoms with Gasteiger partial charge in [0.15, 0.2) is 0 Å². The van der Waals surface area contributed by atoms with Gasteiger partial charge in [-0.3, -0.25) is 4.68 Å². The normalized spacial score (nSPS) is 10.3. The second kappa shape index (κ2) is 2.60. The lowest BCUT2D eigenvalue weighted by Crippen LogP contribution is -2.20. The fraction of sp³-hybridized carbons (Fsp3) is 0.500. The average Bonchev–Trinajstić information content (AvgIpc) is 2.13. The summed E-state index contributed by atoms with van der Waals surface area (Å²) in [6.45, 7) is 4.10. The van der Waals surface area contributed by atoms with E-state index in [2.05, 4.69) is 24.3 Å². The van der Waals surface area contributed by atoms with E-state index >= 15 is 0 Å². The summed E-state index contributed by atoms with van der Waals surface area (Å²) < 4.78 is 1.75. The maximum absolute atomic E-state index is 5.38. The number of nitrogens with one attached hydrogen (secondary N) is 1. The van der Waals surface area contributed by atoms with Crippen LogP contribution in [0.15, 0.2) is 12.5 Å². The van der Waals surface area contributed by atoms with Gasteiger partial charge in [0, 0.05) is 6.04 Å². The molecule has 0 aromatic carbocycles. The van der Waals surface area contributed by atoms with Crippen LogP contribution in [0.25, 0.3) is 0 Å². The van der Waals surface area contributed by atoms with E-state index in [9.17, 15) is 0 Å². The van der Waals surface area contributed by atoms with Crippen LogP contribution in [0.5, 0.6) is 0 Å². The van der Waals surface area contributed by atoms with Gasteiger partial charge in [0.1, 0.15) is 12.1 Å². The molecule has 0 saturated heterocycles. The van der Waals surface area contributed by atoms with Crippen molar-refractivity contribution in [3.05, 3.63) is 12.5 Å². The van der Waals surface area contributed by atoms with Crippen LogP contribution in [0.2, 0.25) is 0 Å². The smallest absolute Gasteiger partial charge is 0.143 e. The highest BCUT2D eigenvalue weighted by molar-refractivity contribution is 5.22. The Morgan fingerprint density at radius 1 is 1.70 bits per heavy atom. The first-order valence-electron chi connectivity index (χ1n) is 3.24. The Labute approximate surface area is 60.0 Å². The predicted octanol–water partition coefficient (Wildman–Crippen LogP) is 0.417. The fourth-order valence-corrected chi connectivity index (χ4v) is 0.707. The van der Waals surface area contributed by atoms with Gasteiger partial charge in [-0.25, -0.2) is 4.98 Å². The number of hydrogen-bond donors (Lipinski definition) is 2. The van der Waals surface area contributed by atoms with Crippen molar-refractivity contribution in [3.63, 3.8) is 0 Å². The molecule has 4 heteroatoms. The second-order valence-electron chi connectivity index (χ2n) is 2.49. The lowest BCUT2D eigenvalue weighted by Gasteiger charge is -2.08. The summed E-state index contributed by atoms with van der Waals surface area (Å²) in [5.74, 6) is 0.535. The minimum absolute atomic E-state index is 0.397. The highest BCUT2D eigenvalue weighted by atomic mass is 15.4. The minimum atomic E-state index is 0.397. The summed E-state index contributed by atoms with van der Waals surface area (Å²) in [6, 6.07) is 0.397. The number of anilines is 1. The SMILES string of the molecule is CC(C)Nn1cnc(N)c1. The Kier molecular flexibility index (Phi) is 1.80. The largest absolute Gasteiger partial charge is 0.382 e. The number of nitrogens with zero attached hydrogens (tertiary/aromatic N) is 2. The van der Waals surface area contributed by atoms with E-state index < -0.39 is 0 Å². The summed E-state index contributed by atoms with van der Waals surface area (Å²) in [7, 11) is 0. The molecule has 10 heavy (non-hydrogen) atoms. The Bertz CT molecular complexity index is 203. The highest BCUT2D eigenvalue weighted by Crippen LogP contribution is 1.93. The third-order valence-corrected chi connectivity index (χ3v) is 1.01. The molecule has 0 aliphatic heterocycles. The molecule has 1 aromatic rings. The van der Waals surface area contributed by atoms with Crippen molar-refractivity contribution in [1.29, 1.82) is 0 Å². The molecule has 1 heterocycles. The van der Waals surface area contributed by atoms with Crippen molar-refractivity contribution in [2.75, 3.05) is 11.2 Å². The van der Waals surface area contributed by atoms with Gasteiger partial charge in [0.2, 0.25) is 0 Å². The summed E-state index contributed by atoms with van der Waals surface area (Å²) >= 11 is 0. The quantitative estimate of drug-likeness (QED) is 0.625. The van der Waals surface area contributed by atoms with E-state index in [4.69, 9.17) is 5.73 Å². The van der Waals surface area contributed by atoms with Crippen LogP contribution in [-0.2, 0) is 0 Å². The first-order valence-corrected chi connectivity index (χ1v) is 3.24. The predicted molar refractivity (Wildman–Crippen MR) is 41.1 cm³/mol. The lowest BCUT2D eigenvalue weighted by atomic mass is 10.4. The highest BCUT2D eigenvalue weighted by Gasteiger charge is 1.93. The van der Waals surface area contributed by atoms with Gasteiger partial charge >= 0.3 is 0 Å². The number of nitrogen functional groups attached to an aromatic ring is 1. The van der Waals surface area contributed by atoms with Crippen LogP contribution < -0.4 is 11.2 Å². The molecule has 0 aliphatic carbocycles. The van der Waals surface area contributed by atoms with Crippen LogP contribution in [-0.4, -0.2) is 15.7 Å². The van der Waals surface area contributed by atoms with Gasteiger partial charge in [0.05, 0.1) is 6.20 Å². The van der Waals surface area contributed by atoms with E-state index in [1.54, 1.807) is 17.2 Å². The Morgan fingerprint density at radius 2 is 2.40 bits per heavy atom. The molecule has 0 unspecified atom stereocenters. The minimum Gasteiger partial charge on any atom is -0.382 e. The maximum atomic E-state index is 5.38. The molecule has 0 atom stereocenters. The summed E-state index contributed by atoms with van der Waals surface area (Å²) in [5.41, 5.74) is 8.48. The van der Waals surface area contributed by atoms with E-state index in [-0.39, 0.29) is 0 Å². The van der Waals surface area contributed by atoms with E-state index in [1.165, 1.54) is 0 Å². The Morgan fingerprint density at radius 3 is 2.80 bits per heavy atom. The van der Waals surface area contributed by atoms with Crippen molar-refractivity contribution in [3.8, 4) is 0 Å². The number of aromatic nitrogens is 2. The van der Waals surface area contributed by atoms with E-state index in [1.807, 2.05) is 0 Å². The first kappa shape index (κ1) is 6.92. The molecule has 0 aliphatic rings. The van der Waals surface area contributed by atoms with Crippen LogP contribution in [0.3, 0.4) is 0 Å². The zero-order valence-electron chi connectivity index (χ0n) is 6.20. The van der Waals surface area contributed by atoms with Gasteiger partial charge in [-0.15, -0.1) is 0 Å². The van der Waals surface area contributed by atoms with Crippen molar-refractivity contribution in [2.45, 2.75) is 19.9 Å². The van der Waals surface area contributed by atoms with Crippen LogP contribution in [0, 0.1) is 0 Å². The van der Waals surface area contributed by atoms with Crippen molar-refractivity contribution in [1.82, 2.24) is 9.66 Å². The topological polar surface area (TPSA) is 55.9 Å². The molecule has 4 nitrogen and oxygen atoms in total. The van der Waals surface area contributed by atoms with Crippen LogP contribution in [0.4, 0.5) is 5.82 Å². The summed E-state index contributed by atoms with van der Waals surface area (Å²) in [5, 5.41) is 0. The number of nitrogens with two attached hydrogens (primary N) is 1. The molecule has 0 saturated carbocycles. The zero-order chi connectivity index (χ0) is 7.56. The number of hydrogen-bond acceptors (Lipinski definition) is 3. The van der Waals surface area contributed by atoms with Gasteiger partial charge in [0.25, 0.3) is 0 Å². The number of imidazole rings is 1. The van der Waals surface area contributed by atoms with Gasteiger partial charge < -0.3 is 11.2 Å². The second-order valence-corrected chi connectivity index (χ2v) is 2.49. The molecule has 3 N–H and O–H groups in total. The maximum Gasteiger partial charge on any atom is 0.143 e. The first-order chi connectivity index (χ1) is 4.68. The van der Waals surface area contributed by atoms with Gasteiger partial charge in [-0.05, 0) is 13.8 Å². The lowest BCUT2D eigenvalue weighted by molar-refractivity contribution is 0.736. The zero-order valence-corrected chi connectivity index (χ0v) is 6.20. The monoisotopic (exact) mass is 140 g/mol. The third-order valence-electron chi connectivity index (χ3n) is 1.01. The van der Waals surface area contributed by atoms with Crippen molar-refractivity contribution >= 4 is 5.82 Å². The summed E-state index contributed by atoms with van der Waals surface area (Å²) in [4.78, 5) is 3.85. The molecule has 0 radical (unpaired) electrons. The Balaban J connectivity index is 2.58. The van der Waals surface area contributed by atoms with E-state index in [0.29, 0.717) is 11.9 Å². The van der Waals surface area contributed by atoms with Crippen LogP contribution in [0.1, 0.15) is 13.8 Å². The molecule has 1 rings (SSSR count). The molecule has 0 amide bonds. The molecule has 0 bridgehead atoms. The van der Waals surface area contributed by atoms with Gasteiger partial charge in [-0.2, -0.15) is 0 Å². The fourth-order valence-electron chi connectivity index (χ4n) is 0.707. The standard InChI is InChI=1S/C6H12N4/c1-5(2)9-10-3-6(7)8-4-10/h3-5,9H,7H2,1-2H3. The third kappa shape index (κ3) is 1.65. The molecule has 1 aromatic heterocycles. The summed E-state index contributed by atoms with van der Waals surface area (Å²) in [6.07, 6.45) is 3.38. The molecular weight excluding hydrogens is 128 g/mol. The van der Waals surface area contributed by atoms with Crippen molar-refractivity contribution in [2.24, 2.45) is 0 Å². The van der Waals surface area contributed by atoms with Gasteiger partial charge in [-0.1, -0.05) is 0 Å². The van der Waals surface area contributed by atoms with Crippen molar-refractivity contribution < 1.29 is 0 Å². The molecule has 0 fully saturated rings. The molecule has 56 valence electrons. The number of rotatable bonds is 2.